The van der Waals surface area contributed by atoms with Gasteiger partial charge in [0.1, 0.15) is 0 Å². The van der Waals surface area contributed by atoms with Gasteiger partial charge in [-0.3, -0.25) is 4.79 Å². The second-order valence-corrected chi connectivity index (χ2v) is 4.55. The molecule has 4 heteroatoms. The Morgan fingerprint density at radius 2 is 2.06 bits per heavy atom. The van der Waals surface area contributed by atoms with Gasteiger partial charge in [0.2, 0.25) is 0 Å². The number of aliphatic hydroxyl groups is 1. The molecule has 0 radical (unpaired) electrons. The van der Waals surface area contributed by atoms with E-state index in [0.717, 1.165) is 5.75 Å². The number of nitrogens with one attached hydrogen (secondary N) is 1. The van der Waals surface area contributed by atoms with Gasteiger partial charge in [0.15, 0.2) is 0 Å². The second-order valence-electron chi connectivity index (χ2n) is 3.69. The van der Waals surface area contributed by atoms with E-state index in [-0.39, 0.29) is 18.6 Å². The van der Waals surface area contributed by atoms with Gasteiger partial charge in [-0.1, -0.05) is 12.1 Å². The first-order valence-corrected chi connectivity index (χ1v) is 6.56. The molecule has 16 heavy (non-hydrogen) atoms. The zero-order valence-electron chi connectivity index (χ0n) is 9.56. The summed E-state index contributed by atoms with van der Waals surface area (Å²) in [6.45, 7) is 1.72. The lowest BCUT2D eigenvalue weighted by atomic mass is 10.1. The van der Waals surface area contributed by atoms with Gasteiger partial charge in [0.05, 0.1) is 6.61 Å². The Balaban J connectivity index is 2.63. The maximum atomic E-state index is 11.7. The molecule has 0 heterocycles. The van der Waals surface area contributed by atoms with Crippen molar-refractivity contribution >= 4 is 17.7 Å². The fourth-order valence-corrected chi connectivity index (χ4v) is 1.80. The Morgan fingerprint density at radius 1 is 1.44 bits per heavy atom. The third-order valence-corrected chi connectivity index (χ3v) is 2.80. The molecule has 0 aliphatic heterocycles. The average molecular weight is 239 g/mol. The monoisotopic (exact) mass is 239 g/mol. The molecule has 1 amide bonds. The molecular formula is C12H17NO2S. The van der Waals surface area contributed by atoms with Gasteiger partial charge in [-0.2, -0.15) is 11.8 Å². The summed E-state index contributed by atoms with van der Waals surface area (Å²) < 4.78 is 0. The van der Waals surface area contributed by atoms with Crippen molar-refractivity contribution in [1.29, 1.82) is 0 Å². The maximum Gasteiger partial charge on any atom is 0.251 e. The average Bonchev–Trinajstić information content (AvgIpc) is 2.30. The van der Waals surface area contributed by atoms with Crippen LogP contribution in [-0.4, -0.2) is 29.9 Å². The normalized spacial score (nSPS) is 12.2. The molecule has 0 aromatic heterocycles. The molecule has 1 aromatic rings. The van der Waals surface area contributed by atoms with Crippen molar-refractivity contribution in [3.63, 3.8) is 0 Å². The largest absolute Gasteiger partial charge is 0.394 e. The fourth-order valence-electron chi connectivity index (χ4n) is 1.27. The van der Waals surface area contributed by atoms with Gasteiger partial charge in [-0.15, -0.1) is 0 Å². The molecule has 1 rings (SSSR count). The van der Waals surface area contributed by atoms with Crippen LogP contribution in [0.25, 0.3) is 0 Å². The van der Waals surface area contributed by atoms with Crippen molar-refractivity contribution in [3.8, 4) is 0 Å². The van der Waals surface area contributed by atoms with Gasteiger partial charge in [-0.25, -0.2) is 0 Å². The molecule has 0 fully saturated rings. The quantitative estimate of drug-likeness (QED) is 0.821. The highest BCUT2D eigenvalue weighted by molar-refractivity contribution is 7.97. The van der Waals surface area contributed by atoms with E-state index in [1.807, 2.05) is 30.5 Å². The minimum atomic E-state index is -0.210. The Kier molecular flexibility index (Phi) is 5.35. The van der Waals surface area contributed by atoms with Gasteiger partial charge in [0.25, 0.3) is 5.91 Å². The molecule has 0 aliphatic rings. The van der Waals surface area contributed by atoms with Crippen LogP contribution in [0.5, 0.6) is 0 Å². The molecule has 0 spiro atoms. The number of hydrogen-bond donors (Lipinski definition) is 2. The highest BCUT2D eigenvalue weighted by Crippen LogP contribution is 2.10. The first kappa shape index (κ1) is 13.1. The predicted octanol–water partition coefficient (Wildman–Crippen LogP) is 1.66. The Morgan fingerprint density at radius 3 is 2.56 bits per heavy atom. The van der Waals surface area contributed by atoms with Gasteiger partial charge < -0.3 is 10.4 Å². The first-order valence-electron chi connectivity index (χ1n) is 5.17. The van der Waals surface area contributed by atoms with Crippen molar-refractivity contribution in [3.05, 3.63) is 35.4 Å². The van der Waals surface area contributed by atoms with Crippen LogP contribution >= 0.6 is 11.8 Å². The Labute approximate surface area is 100 Å². The molecule has 0 saturated heterocycles. The van der Waals surface area contributed by atoms with Crippen LogP contribution in [0.1, 0.15) is 22.8 Å². The van der Waals surface area contributed by atoms with E-state index in [0.29, 0.717) is 5.56 Å². The van der Waals surface area contributed by atoms with Crippen molar-refractivity contribution in [2.75, 3.05) is 12.9 Å². The van der Waals surface area contributed by atoms with Crippen LogP contribution in [0.3, 0.4) is 0 Å². The van der Waals surface area contributed by atoms with Crippen LogP contribution in [-0.2, 0) is 5.75 Å². The number of thioether (sulfide) groups is 1. The van der Waals surface area contributed by atoms with E-state index >= 15 is 0 Å². The van der Waals surface area contributed by atoms with Crippen LogP contribution in [0.4, 0.5) is 0 Å². The number of rotatable bonds is 5. The number of carbonyl (C=O) groups excluding carboxylic acids is 1. The molecule has 88 valence electrons. The number of aliphatic hydroxyl groups excluding tert-OH is 1. The topological polar surface area (TPSA) is 49.3 Å². The smallest absolute Gasteiger partial charge is 0.251 e. The summed E-state index contributed by atoms with van der Waals surface area (Å²) in [7, 11) is 0. The molecule has 1 aromatic carbocycles. The van der Waals surface area contributed by atoms with Gasteiger partial charge >= 0.3 is 0 Å². The van der Waals surface area contributed by atoms with E-state index in [1.54, 1.807) is 18.7 Å². The summed E-state index contributed by atoms with van der Waals surface area (Å²) in [5, 5.41) is 11.5. The SMILES string of the molecule is CSCc1ccc(C(=O)N[C@H](C)CO)cc1. The lowest BCUT2D eigenvalue weighted by Crippen LogP contribution is -2.34. The van der Waals surface area contributed by atoms with E-state index in [9.17, 15) is 4.79 Å². The van der Waals surface area contributed by atoms with E-state index in [4.69, 9.17) is 5.11 Å². The Bertz CT molecular complexity index is 337. The zero-order valence-corrected chi connectivity index (χ0v) is 10.4. The highest BCUT2D eigenvalue weighted by atomic mass is 32.2. The third kappa shape index (κ3) is 3.87. The third-order valence-electron chi connectivity index (χ3n) is 2.18. The lowest BCUT2D eigenvalue weighted by Gasteiger charge is -2.10. The molecule has 2 N–H and O–H groups in total. The molecule has 3 nitrogen and oxygen atoms in total. The summed E-state index contributed by atoms with van der Waals surface area (Å²) in [4.78, 5) is 11.7. The summed E-state index contributed by atoms with van der Waals surface area (Å²) in [5.41, 5.74) is 1.84. The van der Waals surface area contributed by atoms with E-state index in [2.05, 4.69) is 5.32 Å². The molecule has 0 bridgehead atoms. The van der Waals surface area contributed by atoms with Crippen LogP contribution < -0.4 is 5.32 Å². The first-order chi connectivity index (χ1) is 7.67. The van der Waals surface area contributed by atoms with Crippen LogP contribution in [0, 0.1) is 0 Å². The van der Waals surface area contributed by atoms with Crippen LogP contribution in [0.2, 0.25) is 0 Å². The van der Waals surface area contributed by atoms with Crippen molar-refractivity contribution in [2.45, 2.75) is 18.7 Å². The summed E-state index contributed by atoms with van der Waals surface area (Å²) in [5.74, 6) is 0.812. The molecule has 1 atom stereocenters. The van der Waals surface area contributed by atoms with Crippen molar-refractivity contribution in [2.24, 2.45) is 0 Å². The number of benzene rings is 1. The standard InChI is InChI=1S/C12H17NO2S/c1-9(7-14)13-12(15)11-5-3-10(4-6-11)8-16-2/h3-6,9,14H,7-8H2,1-2H3,(H,13,15)/t9-/m1/s1. The minimum Gasteiger partial charge on any atom is -0.394 e. The molecular weight excluding hydrogens is 222 g/mol. The van der Waals surface area contributed by atoms with Crippen molar-refractivity contribution < 1.29 is 9.90 Å². The second kappa shape index (κ2) is 6.55. The molecule has 0 saturated carbocycles. The maximum absolute atomic E-state index is 11.7. The number of carbonyl (C=O) groups is 1. The molecule has 0 aliphatic carbocycles. The van der Waals surface area contributed by atoms with E-state index in [1.165, 1.54) is 5.56 Å². The van der Waals surface area contributed by atoms with Gasteiger partial charge in [-0.05, 0) is 30.9 Å². The van der Waals surface area contributed by atoms with Crippen molar-refractivity contribution in [1.82, 2.24) is 5.32 Å². The van der Waals surface area contributed by atoms with E-state index < -0.39 is 0 Å². The predicted molar refractivity (Wildman–Crippen MR) is 67.7 cm³/mol. The van der Waals surface area contributed by atoms with Gasteiger partial charge in [0, 0.05) is 17.4 Å². The number of amides is 1. The minimum absolute atomic E-state index is 0.0453. The molecule has 0 unspecified atom stereocenters. The lowest BCUT2D eigenvalue weighted by molar-refractivity contribution is 0.0922. The zero-order chi connectivity index (χ0) is 12.0. The summed E-state index contributed by atoms with van der Waals surface area (Å²) in [6.07, 6.45) is 2.05. The fraction of sp³-hybridized carbons (Fsp3) is 0.417. The Hall–Kier alpha value is -1.00. The highest BCUT2D eigenvalue weighted by Gasteiger charge is 2.08. The number of hydrogen-bond acceptors (Lipinski definition) is 3. The summed E-state index contributed by atoms with van der Waals surface area (Å²) >= 11 is 1.75. The summed E-state index contributed by atoms with van der Waals surface area (Å²) in [6, 6.07) is 7.32. The van der Waals surface area contributed by atoms with Crippen LogP contribution in [0.15, 0.2) is 24.3 Å².